The lowest BCUT2D eigenvalue weighted by molar-refractivity contribution is -0.108. The number of benzene rings is 1. The summed E-state index contributed by atoms with van der Waals surface area (Å²) >= 11 is 0. The number of carbonyl (C=O) groups excluding carboxylic acids is 1. The summed E-state index contributed by atoms with van der Waals surface area (Å²) in [6, 6.07) is 8.70. The van der Waals surface area contributed by atoms with E-state index in [0.29, 0.717) is 12.3 Å². The summed E-state index contributed by atoms with van der Waals surface area (Å²) in [5.74, 6) is 0.319. The number of methoxy groups -OCH3 is 1. The van der Waals surface area contributed by atoms with Crippen LogP contribution in [0.2, 0.25) is 0 Å². The second kappa shape index (κ2) is 5.01. The third kappa shape index (κ3) is 2.58. The first kappa shape index (κ1) is 12.3. The molecule has 17 heavy (non-hydrogen) atoms. The van der Waals surface area contributed by atoms with E-state index in [1.807, 2.05) is 0 Å². The standard InChI is InChI=1S/C15H20O2/c1-12(7-10-16)13-3-5-14(6-4-13)15(8-9-15)11-17-2/h3-6,10,12H,7-9,11H2,1-2H3. The summed E-state index contributed by atoms with van der Waals surface area (Å²) in [4.78, 5) is 10.5. The van der Waals surface area contributed by atoms with E-state index >= 15 is 0 Å². The number of rotatable bonds is 6. The minimum Gasteiger partial charge on any atom is -0.384 e. The molecule has 2 rings (SSSR count). The van der Waals surface area contributed by atoms with Gasteiger partial charge in [0.25, 0.3) is 0 Å². The average Bonchev–Trinajstić information content (AvgIpc) is 3.11. The van der Waals surface area contributed by atoms with Gasteiger partial charge in [-0.05, 0) is 29.9 Å². The van der Waals surface area contributed by atoms with Crippen LogP contribution in [0.1, 0.15) is 43.2 Å². The maximum Gasteiger partial charge on any atom is 0.120 e. The van der Waals surface area contributed by atoms with E-state index < -0.39 is 0 Å². The average molecular weight is 232 g/mol. The molecular formula is C15H20O2. The van der Waals surface area contributed by atoms with E-state index in [4.69, 9.17) is 4.74 Å². The smallest absolute Gasteiger partial charge is 0.120 e. The molecule has 1 aromatic carbocycles. The number of ether oxygens (including phenoxy) is 1. The van der Waals surface area contributed by atoms with Gasteiger partial charge in [0.05, 0.1) is 6.61 Å². The second-order valence-corrected chi connectivity index (χ2v) is 5.14. The fourth-order valence-corrected chi connectivity index (χ4v) is 2.39. The van der Waals surface area contributed by atoms with Crippen LogP contribution >= 0.6 is 0 Å². The predicted molar refractivity (Wildman–Crippen MR) is 68.3 cm³/mol. The molecule has 0 heterocycles. The molecule has 1 saturated carbocycles. The van der Waals surface area contributed by atoms with Crippen molar-refractivity contribution in [3.05, 3.63) is 35.4 Å². The van der Waals surface area contributed by atoms with Gasteiger partial charge in [0.15, 0.2) is 0 Å². The van der Waals surface area contributed by atoms with Crippen molar-refractivity contribution in [2.75, 3.05) is 13.7 Å². The normalized spacial score (nSPS) is 18.7. The quantitative estimate of drug-likeness (QED) is 0.705. The molecule has 0 N–H and O–H groups in total. The van der Waals surface area contributed by atoms with Crippen molar-refractivity contribution in [2.45, 2.75) is 37.5 Å². The second-order valence-electron chi connectivity index (χ2n) is 5.14. The van der Waals surface area contributed by atoms with Crippen molar-refractivity contribution in [2.24, 2.45) is 0 Å². The van der Waals surface area contributed by atoms with Gasteiger partial charge in [-0.1, -0.05) is 31.2 Å². The van der Waals surface area contributed by atoms with Crippen LogP contribution in [0.4, 0.5) is 0 Å². The summed E-state index contributed by atoms with van der Waals surface area (Å²) < 4.78 is 5.29. The van der Waals surface area contributed by atoms with Crippen LogP contribution in [0.15, 0.2) is 24.3 Å². The molecule has 0 spiro atoms. The summed E-state index contributed by atoms with van der Waals surface area (Å²) in [6.07, 6.45) is 4.04. The van der Waals surface area contributed by atoms with Crippen LogP contribution in [0.25, 0.3) is 0 Å². The molecule has 0 aromatic heterocycles. The van der Waals surface area contributed by atoms with Gasteiger partial charge in [-0.25, -0.2) is 0 Å². The lowest BCUT2D eigenvalue weighted by Crippen LogP contribution is -2.13. The van der Waals surface area contributed by atoms with Crippen LogP contribution in [-0.4, -0.2) is 20.0 Å². The van der Waals surface area contributed by atoms with E-state index in [0.717, 1.165) is 12.9 Å². The van der Waals surface area contributed by atoms with Crippen molar-refractivity contribution < 1.29 is 9.53 Å². The molecule has 2 nitrogen and oxygen atoms in total. The molecule has 2 heteroatoms. The van der Waals surface area contributed by atoms with Crippen LogP contribution in [-0.2, 0) is 14.9 Å². The molecule has 0 radical (unpaired) electrons. The molecule has 0 amide bonds. The van der Waals surface area contributed by atoms with E-state index in [1.165, 1.54) is 24.0 Å². The predicted octanol–water partition coefficient (Wildman–Crippen LogP) is 3.06. The minimum absolute atomic E-state index is 0.279. The zero-order valence-electron chi connectivity index (χ0n) is 10.6. The molecule has 1 aliphatic rings. The summed E-state index contributed by atoms with van der Waals surface area (Å²) in [6.45, 7) is 2.90. The Hall–Kier alpha value is -1.15. The Labute approximate surface area is 103 Å². The first-order valence-electron chi connectivity index (χ1n) is 6.25. The van der Waals surface area contributed by atoms with Gasteiger partial charge < -0.3 is 9.53 Å². The molecule has 92 valence electrons. The van der Waals surface area contributed by atoms with Gasteiger partial charge in [0.1, 0.15) is 6.29 Å². The highest BCUT2D eigenvalue weighted by Crippen LogP contribution is 2.48. The SMILES string of the molecule is COCC1(c2ccc(C(C)CC=O)cc2)CC1. The van der Waals surface area contributed by atoms with Gasteiger partial charge >= 0.3 is 0 Å². The highest BCUT2D eigenvalue weighted by atomic mass is 16.5. The molecule has 0 bridgehead atoms. The Kier molecular flexibility index (Phi) is 3.63. The number of aldehydes is 1. The lowest BCUT2D eigenvalue weighted by Gasteiger charge is -2.16. The van der Waals surface area contributed by atoms with Crippen molar-refractivity contribution >= 4 is 6.29 Å². The van der Waals surface area contributed by atoms with Gasteiger partial charge in [0, 0.05) is 18.9 Å². The third-order valence-corrected chi connectivity index (χ3v) is 3.82. The van der Waals surface area contributed by atoms with Crippen LogP contribution in [0.3, 0.4) is 0 Å². The van der Waals surface area contributed by atoms with E-state index in [2.05, 4.69) is 31.2 Å². The van der Waals surface area contributed by atoms with E-state index in [-0.39, 0.29) is 5.41 Å². The van der Waals surface area contributed by atoms with Crippen molar-refractivity contribution in [3.63, 3.8) is 0 Å². The van der Waals surface area contributed by atoms with Crippen molar-refractivity contribution in [1.29, 1.82) is 0 Å². The maximum absolute atomic E-state index is 10.5. The number of hydrogen-bond acceptors (Lipinski definition) is 2. The van der Waals surface area contributed by atoms with Crippen molar-refractivity contribution in [3.8, 4) is 0 Å². The minimum atomic E-state index is 0.279. The fourth-order valence-electron chi connectivity index (χ4n) is 2.39. The first-order valence-corrected chi connectivity index (χ1v) is 6.25. The topological polar surface area (TPSA) is 26.3 Å². The maximum atomic E-state index is 10.5. The molecule has 0 aliphatic heterocycles. The molecule has 1 aromatic rings. The highest BCUT2D eigenvalue weighted by Gasteiger charge is 2.44. The zero-order chi connectivity index (χ0) is 12.3. The van der Waals surface area contributed by atoms with Gasteiger partial charge in [-0.2, -0.15) is 0 Å². The van der Waals surface area contributed by atoms with Gasteiger partial charge in [-0.3, -0.25) is 0 Å². The number of hydrogen-bond donors (Lipinski definition) is 0. The first-order chi connectivity index (χ1) is 8.22. The molecule has 1 aliphatic carbocycles. The summed E-state index contributed by atoms with van der Waals surface area (Å²) in [5.41, 5.74) is 2.90. The van der Waals surface area contributed by atoms with Gasteiger partial charge in [0.2, 0.25) is 0 Å². The van der Waals surface area contributed by atoms with E-state index in [1.54, 1.807) is 7.11 Å². The third-order valence-electron chi connectivity index (χ3n) is 3.82. The Morgan fingerprint density at radius 3 is 2.47 bits per heavy atom. The van der Waals surface area contributed by atoms with Crippen LogP contribution in [0.5, 0.6) is 0 Å². The van der Waals surface area contributed by atoms with Crippen LogP contribution in [0, 0.1) is 0 Å². The lowest BCUT2D eigenvalue weighted by atomic mass is 9.92. The number of carbonyl (C=O) groups is 1. The Morgan fingerprint density at radius 2 is 2.00 bits per heavy atom. The van der Waals surface area contributed by atoms with Gasteiger partial charge in [-0.15, -0.1) is 0 Å². The van der Waals surface area contributed by atoms with Crippen molar-refractivity contribution in [1.82, 2.24) is 0 Å². The highest BCUT2D eigenvalue weighted by molar-refractivity contribution is 5.51. The monoisotopic (exact) mass is 232 g/mol. The molecule has 1 unspecified atom stereocenters. The summed E-state index contributed by atoms with van der Waals surface area (Å²) in [7, 11) is 1.76. The zero-order valence-corrected chi connectivity index (χ0v) is 10.6. The van der Waals surface area contributed by atoms with Crippen LogP contribution < -0.4 is 0 Å². The fraction of sp³-hybridized carbons (Fsp3) is 0.533. The molecular weight excluding hydrogens is 212 g/mol. The Bertz CT molecular complexity index is 376. The Morgan fingerprint density at radius 1 is 1.35 bits per heavy atom. The summed E-state index contributed by atoms with van der Waals surface area (Å²) in [5, 5.41) is 0. The largest absolute Gasteiger partial charge is 0.384 e. The molecule has 1 fully saturated rings. The van der Waals surface area contributed by atoms with E-state index in [9.17, 15) is 4.79 Å². The molecule has 1 atom stereocenters. The molecule has 0 saturated heterocycles. The Balaban J connectivity index is 2.10.